The molecule has 0 atom stereocenters. The van der Waals surface area contributed by atoms with Crippen molar-refractivity contribution in [1.29, 1.82) is 0 Å². The molecule has 0 bridgehead atoms. The van der Waals surface area contributed by atoms with E-state index < -0.39 is 0 Å². The van der Waals surface area contributed by atoms with Crippen LogP contribution >= 0.6 is 0 Å². The van der Waals surface area contributed by atoms with E-state index in [4.69, 9.17) is 4.42 Å². The van der Waals surface area contributed by atoms with E-state index in [1.165, 1.54) is 0 Å². The average molecular weight is 204 g/mol. The molecule has 1 saturated heterocycles. The Balaban J connectivity index is 1.96. The van der Waals surface area contributed by atoms with Gasteiger partial charge < -0.3 is 14.6 Å². The molecule has 0 amide bonds. The van der Waals surface area contributed by atoms with Gasteiger partial charge in [-0.3, -0.25) is 4.98 Å². The zero-order valence-corrected chi connectivity index (χ0v) is 8.31. The Morgan fingerprint density at radius 1 is 1.33 bits per heavy atom. The van der Waals surface area contributed by atoms with E-state index in [1.54, 1.807) is 12.4 Å². The monoisotopic (exact) mass is 204 g/mol. The summed E-state index contributed by atoms with van der Waals surface area (Å²) < 4.78 is 5.65. The molecular weight excluding hydrogens is 192 g/mol. The number of nitrogens with zero attached hydrogens (tertiary/aromatic N) is 3. The number of anilines is 1. The van der Waals surface area contributed by atoms with Crippen molar-refractivity contribution in [3.05, 3.63) is 18.5 Å². The first-order chi connectivity index (χ1) is 7.43. The first-order valence-electron chi connectivity index (χ1n) is 5.10. The number of rotatable bonds is 1. The number of piperazine rings is 1. The maximum absolute atomic E-state index is 5.65. The standard InChI is InChI=1S/C10H12N4O/c1-2-12-7-8-9(1)15-10(13-8)14-5-3-11-4-6-14/h1-2,7,11H,3-6H2. The number of pyridine rings is 1. The Hall–Kier alpha value is -1.62. The second-order valence-corrected chi connectivity index (χ2v) is 3.58. The molecule has 5 nitrogen and oxygen atoms in total. The highest BCUT2D eigenvalue weighted by molar-refractivity contribution is 5.73. The molecule has 78 valence electrons. The molecule has 0 unspecified atom stereocenters. The van der Waals surface area contributed by atoms with E-state index in [0.29, 0.717) is 6.01 Å². The summed E-state index contributed by atoms with van der Waals surface area (Å²) in [6.07, 6.45) is 3.44. The molecule has 0 aromatic carbocycles. The molecule has 3 rings (SSSR count). The molecule has 2 aromatic heterocycles. The predicted octanol–water partition coefficient (Wildman–Crippen LogP) is 0.632. The molecule has 15 heavy (non-hydrogen) atoms. The van der Waals surface area contributed by atoms with E-state index in [1.807, 2.05) is 6.07 Å². The van der Waals surface area contributed by atoms with Crippen LogP contribution in [0.25, 0.3) is 11.1 Å². The Morgan fingerprint density at radius 2 is 2.20 bits per heavy atom. The molecule has 1 fully saturated rings. The number of nitrogens with one attached hydrogen (secondary N) is 1. The molecule has 1 N–H and O–H groups in total. The maximum Gasteiger partial charge on any atom is 0.298 e. The third kappa shape index (κ3) is 1.55. The van der Waals surface area contributed by atoms with E-state index in [0.717, 1.165) is 37.3 Å². The van der Waals surface area contributed by atoms with Gasteiger partial charge in [0, 0.05) is 38.4 Å². The Morgan fingerprint density at radius 3 is 3.00 bits per heavy atom. The largest absolute Gasteiger partial charge is 0.423 e. The average Bonchev–Trinajstić information content (AvgIpc) is 2.74. The van der Waals surface area contributed by atoms with Gasteiger partial charge in [-0.15, -0.1) is 0 Å². The van der Waals surface area contributed by atoms with Gasteiger partial charge in [-0.1, -0.05) is 0 Å². The summed E-state index contributed by atoms with van der Waals surface area (Å²) >= 11 is 0. The minimum Gasteiger partial charge on any atom is -0.423 e. The molecule has 0 radical (unpaired) electrons. The van der Waals surface area contributed by atoms with Crippen LogP contribution in [0.4, 0.5) is 6.01 Å². The van der Waals surface area contributed by atoms with E-state index in [2.05, 4.69) is 20.2 Å². The fourth-order valence-corrected chi connectivity index (χ4v) is 1.76. The summed E-state index contributed by atoms with van der Waals surface area (Å²) in [7, 11) is 0. The number of aromatic nitrogens is 2. The molecule has 1 aliphatic heterocycles. The maximum atomic E-state index is 5.65. The highest BCUT2D eigenvalue weighted by Crippen LogP contribution is 2.20. The molecule has 5 heteroatoms. The minimum absolute atomic E-state index is 0.708. The number of oxazole rings is 1. The lowest BCUT2D eigenvalue weighted by Gasteiger charge is -2.25. The molecule has 2 aromatic rings. The molecule has 1 aliphatic rings. The number of hydrogen-bond donors (Lipinski definition) is 1. The zero-order chi connectivity index (χ0) is 10.1. The second-order valence-electron chi connectivity index (χ2n) is 3.58. The van der Waals surface area contributed by atoms with Crippen molar-refractivity contribution in [1.82, 2.24) is 15.3 Å². The summed E-state index contributed by atoms with van der Waals surface area (Å²) in [6, 6.07) is 2.55. The topological polar surface area (TPSA) is 54.2 Å². The molecule has 0 saturated carbocycles. The Bertz CT molecular complexity index is 428. The summed E-state index contributed by atoms with van der Waals surface area (Å²) in [6.45, 7) is 3.86. The summed E-state index contributed by atoms with van der Waals surface area (Å²) in [4.78, 5) is 10.6. The van der Waals surface area contributed by atoms with Crippen molar-refractivity contribution in [3.63, 3.8) is 0 Å². The highest BCUT2D eigenvalue weighted by atomic mass is 16.4. The van der Waals surface area contributed by atoms with Crippen LogP contribution in [0.2, 0.25) is 0 Å². The third-order valence-electron chi connectivity index (χ3n) is 2.57. The Labute approximate surface area is 87.1 Å². The summed E-state index contributed by atoms with van der Waals surface area (Å²) in [5.41, 5.74) is 1.63. The van der Waals surface area contributed by atoms with Crippen molar-refractivity contribution in [2.24, 2.45) is 0 Å². The van der Waals surface area contributed by atoms with Gasteiger partial charge >= 0.3 is 0 Å². The predicted molar refractivity (Wildman–Crippen MR) is 56.9 cm³/mol. The van der Waals surface area contributed by atoms with Crippen LogP contribution in [-0.4, -0.2) is 36.1 Å². The fraction of sp³-hybridized carbons (Fsp3) is 0.400. The Kier molecular flexibility index (Phi) is 2.03. The minimum atomic E-state index is 0.708. The van der Waals surface area contributed by atoms with Crippen molar-refractivity contribution < 1.29 is 4.42 Å². The first kappa shape index (κ1) is 8.67. The van der Waals surface area contributed by atoms with Gasteiger partial charge in [-0.05, 0) is 0 Å². The van der Waals surface area contributed by atoms with Crippen molar-refractivity contribution in [2.75, 3.05) is 31.1 Å². The number of fused-ring (bicyclic) bond motifs is 1. The highest BCUT2D eigenvalue weighted by Gasteiger charge is 2.15. The zero-order valence-electron chi connectivity index (χ0n) is 8.31. The van der Waals surface area contributed by atoms with Crippen molar-refractivity contribution in [2.45, 2.75) is 0 Å². The van der Waals surface area contributed by atoms with Gasteiger partial charge in [0.2, 0.25) is 0 Å². The molecule has 3 heterocycles. The second kappa shape index (κ2) is 3.51. The lowest BCUT2D eigenvalue weighted by atomic mass is 10.4. The summed E-state index contributed by atoms with van der Waals surface area (Å²) in [5, 5.41) is 3.29. The van der Waals surface area contributed by atoms with Gasteiger partial charge in [0.1, 0.15) is 5.52 Å². The van der Waals surface area contributed by atoms with Crippen LogP contribution in [0.3, 0.4) is 0 Å². The van der Waals surface area contributed by atoms with Gasteiger partial charge in [-0.2, -0.15) is 4.98 Å². The van der Waals surface area contributed by atoms with Crippen LogP contribution in [-0.2, 0) is 0 Å². The quantitative estimate of drug-likeness (QED) is 0.738. The van der Waals surface area contributed by atoms with Crippen molar-refractivity contribution in [3.8, 4) is 0 Å². The van der Waals surface area contributed by atoms with Crippen LogP contribution in [0, 0.1) is 0 Å². The first-order valence-corrected chi connectivity index (χ1v) is 5.10. The van der Waals surface area contributed by atoms with Crippen LogP contribution in [0.15, 0.2) is 22.9 Å². The third-order valence-corrected chi connectivity index (χ3v) is 2.57. The smallest absolute Gasteiger partial charge is 0.298 e. The van der Waals surface area contributed by atoms with Crippen molar-refractivity contribution >= 4 is 17.1 Å². The molecule has 0 spiro atoms. The van der Waals surface area contributed by atoms with Gasteiger partial charge in [0.25, 0.3) is 6.01 Å². The lowest BCUT2D eigenvalue weighted by molar-refractivity contribution is 0.517. The summed E-state index contributed by atoms with van der Waals surface area (Å²) in [5.74, 6) is 0. The fourth-order valence-electron chi connectivity index (χ4n) is 1.76. The van der Waals surface area contributed by atoms with Gasteiger partial charge in [-0.25, -0.2) is 0 Å². The van der Waals surface area contributed by atoms with Gasteiger partial charge in [0.15, 0.2) is 5.58 Å². The van der Waals surface area contributed by atoms with Gasteiger partial charge in [0.05, 0.1) is 6.20 Å². The van der Waals surface area contributed by atoms with E-state index in [9.17, 15) is 0 Å². The van der Waals surface area contributed by atoms with Crippen LogP contribution < -0.4 is 10.2 Å². The lowest BCUT2D eigenvalue weighted by Crippen LogP contribution is -2.43. The normalized spacial score (nSPS) is 17.2. The molecular formula is C10H12N4O. The van der Waals surface area contributed by atoms with Crippen LogP contribution in [0.5, 0.6) is 0 Å². The van der Waals surface area contributed by atoms with Crippen LogP contribution in [0.1, 0.15) is 0 Å². The van der Waals surface area contributed by atoms with E-state index >= 15 is 0 Å². The molecule has 0 aliphatic carbocycles. The number of hydrogen-bond acceptors (Lipinski definition) is 5. The van der Waals surface area contributed by atoms with E-state index in [-0.39, 0.29) is 0 Å². The SMILES string of the molecule is c1cc2oc(N3CCNCC3)nc2cn1.